The minimum atomic E-state index is 0.583. The molecule has 0 radical (unpaired) electrons. The van der Waals surface area contributed by atoms with Gasteiger partial charge in [-0.25, -0.2) is 0 Å². The number of rotatable bonds is 2. The Balaban J connectivity index is 2.23. The van der Waals surface area contributed by atoms with E-state index >= 15 is 0 Å². The topological polar surface area (TPSA) is 32.5 Å². The molecule has 0 saturated carbocycles. The van der Waals surface area contributed by atoms with Crippen LogP contribution in [0.5, 0.6) is 0 Å². The summed E-state index contributed by atoms with van der Waals surface area (Å²) in [6, 6.07) is 6.31. The molecule has 3 nitrogen and oxygen atoms in total. The predicted octanol–water partition coefficient (Wildman–Crippen LogP) is 2.45. The molecule has 1 aromatic rings. The molecule has 17 heavy (non-hydrogen) atoms. The Hall–Kier alpha value is -0.930. The molecule has 1 aliphatic rings. The monoisotopic (exact) mass is 253 g/mol. The summed E-state index contributed by atoms with van der Waals surface area (Å²) in [5, 5.41) is 0.754. The first kappa shape index (κ1) is 12.5. The van der Waals surface area contributed by atoms with Gasteiger partial charge in [-0.15, -0.1) is 0 Å². The Labute approximate surface area is 108 Å². The van der Waals surface area contributed by atoms with Gasteiger partial charge in [0, 0.05) is 25.7 Å². The van der Waals surface area contributed by atoms with Crippen LogP contribution in [0.25, 0.3) is 0 Å². The third-order valence-electron chi connectivity index (χ3n) is 3.58. The van der Waals surface area contributed by atoms with E-state index in [4.69, 9.17) is 17.3 Å². The van der Waals surface area contributed by atoms with Crippen LogP contribution < -0.4 is 10.6 Å². The summed E-state index contributed by atoms with van der Waals surface area (Å²) in [4.78, 5) is 4.72. The maximum absolute atomic E-state index is 6.25. The van der Waals surface area contributed by atoms with Gasteiger partial charge in [-0.1, -0.05) is 24.6 Å². The van der Waals surface area contributed by atoms with Crippen LogP contribution >= 0.6 is 11.6 Å². The van der Waals surface area contributed by atoms with Crippen molar-refractivity contribution in [3.8, 4) is 0 Å². The van der Waals surface area contributed by atoms with Gasteiger partial charge in [0.2, 0.25) is 0 Å². The number of nitrogen functional groups attached to an aromatic ring is 1. The largest absolute Gasteiger partial charge is 0.397 e. The highest BCUT2D eigenvalue weighted by Crippen LogP contribution is 2.33. The fourth-order valence-corrected chi connectivity index (χ4v) is 2.76. The van der Waals surface area contributed by atoms with Gasteiger partial charge in [-0.2, -0.15) is 0 Å². The zero-order valence-corrected chi connectivity index (χ0v) is 11.2. The molecule has 0 aliphatic carbocycles. The van der Waals surface area contributed by atoms with Gasteiger partial charge in [0.05, 0.1) is 16.4 Å². The molecule has 0 aromatic heterocycles. The Morgan fingerprint density at radius 3 is 2.82 bits per heavy atom. The summed E-state index contributed by atoms with van der Waals surface area (Å²) in [6.45, 7) is 5.27. The average Bonchev–Trinajstić information content (AvgIpc) is 2.31. The van der Waals surface area contributed by atoms with E-state index in [0.717, 1.165) is 42.5 Å². The van der Waals surface area contributed by atoms with Crippen molar-refractivity contribution in [2.24, 2.45) is 0 Å². The molecule has 1 fully saturated rings. The maximum Gasteiger partial charge on any atom is 0.0790 e. The molecule has 4 heteroatoms. The lowest BCUT2D eigenvalue weighted by molar-refractivity contribution is 0.213. The van der Waals surface area contributed by atoms with Gasteiger partial charge >= 0.3 is 0 Å². The molecule has 2 N–H and O–H groups in total. The van der Waals surface area contributed by atoms with E-state index in [9.17, 15) is 0 Å². The van der Waals surface area contributed by atoms with Gasteiger partial charge < -0.3 is 10.6 Å². The molecule has 1 aliphatic heterocycles. The number of piperazine rings is 1. The van der Waals surface area contributed by atoms with Crippen LogP contribution in [-0.4, -0.2) is 37.6 Å². The first-order valence-corrected chi connectivity index (χ1v) is 6.50. The Kier molecular flexibility index (Phi) is 3.79. The first-order chi connectivity index (χ1) is 8.13. The first-order valence-electron chi connectivity index (χ1n) is 6.12. The van der Waals surface area contributed by atoms with Crippen LogP contribution in [-0.2, 0) is 0 Å². The fraction of sp³-hybridized carbons (Fsp3) is 0.538. The Morgan fingerprint density at radius 2 is 2.18 bits per heavy atom. The standard InChI is InChI=1S/C13H20ClN3/c1-3-10-9-17(8-7-16(10)2)13-11(14)5-4-6-12(13)15/h4-6,10H,3,7-9,15H2,1-2H3. The highest BCUT2D eigenvalue weighted by molar-refractivity contribution is 6.34. The van der Waals surface area contributed by atoms with Gasteiger partial charge in [-0.3, -0.25) is 4.90 Å². The molecule has 0 bridgehead atoms. The fourth-order valence-electron chi connectivity index (χ4n) is 2.46. The lowest BCUT2D eigenvalue weighted by atomic mass is 10.1. The zero-order valence-electron chi connectivity index (χ0n) is 10.5. The highest BCUT2D eigenvalue weighted by atomic mass is 35.5. The van der Waals surface area contributed by atoms with Crippen LogP contribution in [0.15, 0.2) is 18.2 Å². The summed E-state index contributed by atoms with van der Waals surface area (Å²) < 4.78 is 0. The SMILES string of the molecule is CCC1CN(c2c(N)cccc2Cl)CCN1C. The summed E-state index contributed by atoms with van der Waals surface area (Å²) >= 11 is 6.25. The van der Waals surface area contributed by atoms with Crippen LogP contribution in [0.2, 0.25) is 5.02 Å². The maximum atomic E-state index is 6.25. The average molecular weight is 254 g/mol. The Morgan fingerprint density at radius 1 is 1.41 bits per heavy atom. The molecule has 94 valence electrons. The van der Waals surface area contributed by atoms with Crippen molar-refractivity contribution in [2.75, 3.05) is 37.3 Å². The summed E-state index contributed by atoms with van der Waals surface area (Å²) in [5.74, 6) is 0. The highest BCUT2D eigenvalue weighted by Gasteiger charge is 2.25. The number of nitrogens with zero attached hydrogens (tertiary/aromatic N) is 2. The number of hydrogen-bond acceptors (Lipinski definition) is 3. The number of para-hydroxylation sites is 1. The van der Waals surface area contributed by atoms with E-state index in [2.05, 4.69) is 23.8 Å². The number of likely N-dealkylation sites (N-methyl/N-ethyl adjacent to an activating group) is 1. The van der Waals surface area contributed by atoms with Crippen LogP contribution in [0.4, 0.5) is 11.4 Å². The molecule has 0 amide bonds. The van der Waals surface area contributed by atoms with E-state index in [1.54, 1.807) is 0 Å². The second-order valence-corrected chi connectivity index (χ2v) is 5.07. The molecule has 1 unspecified atom stereocenters. The summed E-state index contributed by atoms with van der Waals surface area (Å²) in [5.41, 5.74) is 7.81. The molecule has 2 rings (SSSR count). The second-order valence-electron chi connectivity index (χ2n) is 4.67. The van der Waals surface area contributed by atoms with Crippen molar-refractivity contribution in [1.29, 1.82) is 0 Å². The van der Waals surface area contributed by atoms with Crippen molar-refractivity contribution in [3.05, 3.63) is 23.2 Å². The van der Waals surface area contributed by atoms with E-state index < -0.39 is 0 Å². The van der Waals surface area contributed by atoms with Crippen molar-refractivity contribution < 1.29 is 0 Å². The molecule has 1 heterocycles. The molecule has 0 spiro atoms. The lowest BCUT2D eigenvalue weighted by Gasteiger charge is -2.41. The van der Waals surface area contributed by atoms with Gasteiger partial charge in [0.15, 0.2) is 0 Å². The van der Waals surface area contributed by atoms with E-state index in [-0.39, 0.29) is 0 Å². The van der Waals surface area contributed by atoms with Crippen molar-refractivity contribution in [3.63, 3.8) is 0 Å². The Bertz CT molecular complexity index is 374. The third kappa shape index (κ3) is 2.50. The van der Waals surface area contributed by atoms with Gasteiger partial charge in [-0.05, 0) is 25.6 Å². The molecule has 1 saturated heterocycles. The lowest BCUT2D eigenvalue weighted by Crippen LogP contribution is -2.51. The van der Waals surface area contributed by atoms with E-state index in [1.807, 2.05) is 18.2 Å². The van der Waals surface area contributed by atoms with Gasteiger partial charge in [0.25, 0.3) is 0 Å². The van der Waals surface area contributed by atoms with Crippen molar-refractivity contribution in [1.82, 2.24) is 4.90 Å². The molecule has 1 atom stereocenters. The smallest absolute Gasteiger partial charge is 0.0790 e. The van der Waals surface area contributed by atoms with Crippen molar-refractivity contribution in [2.45, 2.75) is 19.4 Å². The summed E-state index contributed by atoms with van der Waals surface area (Å²) in [7, 11) is 2.18. The van der Waals surface area contributed by atoms with Crippen LogP contribution in [0.3, 0.4) is 0 Å². The molecule has 1 aromatic carbocycles. The normalized spacial score (nSPS) is 21.8. The molecular formula is C13H20ClN3. The van der Waals surface area contributed by atoms with Gasteiger partial charge in [0.1, 0.15) is 0 Å². The number of benzene rings is 1. The van der Waals surface area contributed by atoms with Crippen LogP contribution in [0, 0.1) is 0 Å². The predicted molar refractivity (Wildman–Crippen MR) is 74.8 cm³/mol. The van der Waals surface area contributed by atoms with E-state index in [1.165, 1.54) is 0 Å². The number of halogens is 1. The third-order valence-corrected chi connectivity index (χ3v) is 3.89. The zero-order chi connectivity index (χ0) is 12.4. The second kappa shape index (κ2) is 5.15. The summed E-state index contributed by atoms with van der Waals surface area (Å²) in [6.07, 6.45) is 1.15. The molecular weight excluding hydrogens is 234 g/mol. The minimum Gasteiger partial charge on any atom is -0.397 e. The quantitative estimate of drug-likeness (QED) is 0.822. The van der Waals surface area contributed by atoms with E-state index in [0.29, 0.717) is 6.04 Å². The van der Waals surface area contributed by atoms with Crippen LogP contribution in [0.1, 0.15) is 13.3 Å². The van der Waals surface area contributed by atoms with Crippen molar-refractivity contribution >= 4 is 23.0 Å². The minimum absolute atomic E-state index is 0.583. The number of hydrogen-bond donors (Lipinski definition) is 1. The number of anilines is 2. The number of nitrogens with two attached hydrogens (primary N) is 1.